The molecule has 4 nitrogen and oxygen atoms in total. The normalized spacial score (nSPS) is 18.1. The van der Waals surface area contributed by atoms with E-state index in [0.29, 0.717) is 19.4 Å². The minimum atomic E-state index is -0.756. The van der Waals surface area contributed by atoms with Crippen LogP contribution in [0.1, 0.15) is 30.1 Å². The number of carbonyl (C=O) groups is 2. The third-order valence-corrected chi connectivity index (χ3v) is 3.55. The molecule has 1 atom stereocenters. The van der Waals surface area contributed by atoms with Crippen molar-refractivity contribution in [2.75, 3.05) is 13.2 Å². The third-order valence-electron chi connectivity index (χ3n) is 3.25. The van der Waals surface area contributed by atoms with E-state index >= 15 is 0 Å². The van der Waals surface area contributed by atoms with E-state index in [1.807, 2.05) is 0 Å². The van der Waals surface area contributed by atoms with Crippen LogP contribution in [0.3, 0.4) is 0 Å². The molecule has 0 spiro atoms. The topological polar surface area (TPSA) is 46.6 Å². The summed E-state index contributed by atoms with van der Waals surface area (Å²) < 4.78 is 18.8. The molecule has 0 saturated carbocycles. The summed E-state index contributed by atoms with van der Waals surface area (Å²) in [5.41, 5.74) is -0.117. The molecule has 1 aromatic carbocycles. The maximum atomic E-state index is 13.9. The fraction of sp³-hybridized carbons (Fsp3) is 0.429. The fourth-order valence-corrected chi connectivity index (χ4v) is 2.49. The van der Waals surface area contributed by atoms with Gasteiger partial charge in [0, 0.05) is 6.54 Å². The van der Waals surface area contributed by atoms with Crippen molar-refractivity contribution in [2.24, 2.45) is 0 Å². The van der Waals surface area contributed by atoms with Gasteiger partial charge < -0.3 is 9.64 Å². The van der Waals surface area contributed by atoms with E-state index in [2.05, 4.69) is 0 Å². The zero-order valence-electron chi connectivity index (χ0n) is 11.1. The maximum Gasteiger partial charge on any atom is 0.328 e. The summed E-state index contributed by atoms with van der Waals surface area (Å²) in [7, 11) is 0. The first-order chi connectivity index (χ1) is 9.56. The summed E-state index contributed by atoms with van der Waals surface area (Å²) in [5, 5.41) is -0.109. The summed E-state index contributed by atoms with van der Waals surface area (Å²) >= 11 is 5.68. The molecule has 1 heterocycles. The Kier molecular flexibility index (Phi) is 4.60. The van der Waals surface area contributed by atoms with Gasteiger partial charge in [-0.2, -0.15) is 0 Å². The van der Waals surface area contributed by atoms with Crippen molar-refractivity contribution in [3.05, 3.63) is 34.6 Å². The predicted octanol–water partition coefficient (Wildman–Crippen LogP) is 2.65. The summed E-state index contributed by atoms with van der Waals surface area (Å²) in [5.74, 6) is -1.73. The second kappa shape index (κ2) is 6.22. The standard InChI is InChI=1S/C14H15ClFNO3/c1-2-20-14(19)11-7-4-8-17(11)13(18)9-5-3-6-10(15)12(9)16/h3,5-6,11H,2,4,7-8H2,1H3. The van der Waals surface area contributed by atoms with E-state index in [1.165, 1.54) is 23.1 Å². The van der Waals surface area contributed by atoms with Gasteiger partial charge in [-0.25, -0.2) is 9.18 Å². The number of likely N-dealkylation sites (tertiary alicyclic amines) is 1. The van der Waals surface area contributed by atoms with Gasteiger partial charge >= 0.3 is 5.97 Å². The molecule has 1 aromatic rings. The summed E-state index contributed by atoms with van der Waals surface area (Å²) in [4.78, 5) is 25.5. The second-order valence-electron chi connectivity index (χ2n) is 4.51. The Morgan fingerprint density at radius 1 is 1.50 bits per heavy atom. The van der Waals surface area contributed by atoms with Gasteiger partial charge in [-0.1, -0.05) is 17.7 Å². The van der Waals surface area contributed by atoms with E-state index in [-0.39, 0.29) is 17.2 Å². The quantitative estimate of drug-likeness (QED) is 0.806. The van der Waals surface area contributed by atoms with Crippen molar-refractivity contribution >= 4 is 23.5 Å². The SMILES string of the molecule is CCOC(=O)C1CCCN1C(=O)c1cccc(Cl)c1F. The van der Waals surface area contributed by atoms with Gasteiger partial charge in [0.15, 0.2) is 5.82 Å². The minimum Gasteiger partial charge on any atom is -0.464 e. The Morgan fingerprint density at radius 3 is 2.95 bits per heavy atom. The predicted molar refractivity (Wildman–Crippen MR) is 72.1 cm³/mol. The lowest BCUT2D eigenvalue weighted by Gasteiger charge is -2.23. The number of benzene rings is 1. The summed E-state index contributed by atoms with van der Waals surface area (Å²) in [6.45, 7) is 2.37. The van der Waals surface area contributed by atoms with Gasteiger partial charge in [-0.15, -0.1) is 0 Å². The van der Waals surface area contributed by atoms with Crippen LogP contribution in [0.25, 0.3) is 0 Å². The summed E-state index contributed by atoms with van der Waals surface area (Å²) in [6, 6.07) is 3.61. The van der Waals surface area contributed by atoms with Crippen molar-refractivity contribution in [2.45, 2.75) is 25.8 Å². The molecule has 0 N–H and O–H groups in total. The van der Waals surface area contributed by atoms with Gasteiger partial charge in [0.2, 0.25) is 0 Å². The van der Waals surface area contributed by atoms with Crippen molar-refractivity contribution in [3.8, 4) is 0 Å². The fourth-order valence-electron chi connectivity index (χ4n) is 2.32. The molecule has 6 heteroatoms. The molecule has 1 saturated heterocycles. The largest absolute Gasteiger partial charge is 0.464 e. The zero-order valence-corrected chi connectivity index (χ0v) is 11.8. The number of amides is 1. The van der Waals surface area contributed by atoms with Gasteiger partial charge in [0.05, 0.1) is 17.2 Å². The lowest BCUT2D eigenvalue weighted by atomic mass is 10.1. The number of esters is 1. The molecular weight excluding hydrogens is 285 g/mol. The molecule has 0 bridgehead atoms. The highest BCUT2D eigenvalue weighted by Gasteiger charge is 2.36. The van der Waals surface area contributed by atoms with Gasteiger partial charge in [-0.05, 0) is 31.9 Å². The van der Waals surface area contributed by atoms with E-state index < -0.39 is 23.7 Å². The van der Waals surface area contributed by atoms with Crippen LogP contribution in [-0.2, 0) is 9.53 Å². The van der Waals surface area contributed by atoms with Gasteiger partial charge in [-0.3, -0.25) is 4.79 Å². The molecule has 0 aliphatic carbocycles. The number of hydrogen-bond donors (Lipinski definition) is 0. The highest BCUT2D eigenvalue weighted by molar-refractivity contribution is 6.31. The van der Waals surface area contributed by atoms with Crippen LogP contribution < -0.4 is 0 Å². The molecule has 1 amide bonds. The molecule has 2 rings (SSSR count). The van der Waals surface area contributed by atoms with Crippen LogP contribution in [0.15, 0.2) is 18.2 Å². The number of rotatable bonds is 3. The van der Waals surface area contributed by atoms with Crippen molar-refractivity contribution in [1.29, 1.82) is 0 Å². The number of ether oxygens (including phenoxy) is 1. The van der Waals surface area contributed by atoms with Gasteiger partial charge in [0.1, 0.15) is 6.04 Å². The maximum absolute atomic E-state index is 13.9. The molecule has 0 radical (unpaired) electrons. The number of nitrogens with zero attached hydrogens (tertiary/aromatic N) is 1. The second-order valence-corrected chi connectivity index (χ2v) is 4.92. The number of hydrogen-bond acceptors (Lipinski definition) is 3. The molecule has 108 valence electrons. The van der Waals surface area contributed by atoms with Crippen LogP contribution in [0.2, 0.25) is 5.02 Å². The number of halogens is 2. The third kappa shape index (κ3) is 2.77. The first-order valence-corrected chi connectivity index (χ1v) is 6.85. The van der Waals surface area contributed by atoms with E-state index in [9.17, 15) is 14.0 Å². The first-order valence-electron chi connectivity index (χ1n) is 6.48. The molecule has 1 unspecified atom stereocenters. The van der Waals surface area contributed by atoms with Crippen LogP contribution in [-0.4, -0.2) is 36.0 Å². The van der Waals surface area contributed by atoms with Crippen molar-refractivity contribution in [3.63, 3.8) is 0 Å². The van der Waals surface area contributed by atoms with Crippen LogP contribution in [0.5, 0.6) is 0 Å². The van der Waals surface area contributed by atoms with E-state index in [0.717, 1.165) is 0 Å². The zero-order chi connectivity index (χ0) is 14.7. The molecular formula is C14H15ClFNO3. The van der Waals surface area contributed by atoms with Gasteiger partial charge in [0.25, 0.3) is 5.91 Å². The molecule has 20 heavy (non-hydrogen) atoms. The minimum absolute atomic E-state index is 0.109. The average Bonchev–Trinajstić information content (AvgIpc) is 2.91. The van der Waals surface area contributed by atoms with Crippen LogP contribution in [0.4, 0.5) is 4.39 Å². The van der Waals surface area contributed by atoms with E-state index in [4.69, 9.17) is 16.3 Å². The smallest absolute Gasteiger partial charge is 0.328 e. The lowest BCUT2D eigenvalue weighted by molar-refractivity contribution is -0.147. The summed E-state index contributed by atoms with van der Waals surface area (Å²) in [6.07, 6.45) is 1.23. The first kappa shape index (κ1) is 14.8. The molecule has 0 aromatic heterocycles. The van der Waals surface area contributed by atoms with Crippen LogP contribution >= 0.6 is 11.6 Å². The monoisotopic (exact) mass is 299 g/mol. The average molecular weight is 300 g/mol. The Bertz CT molecular complexity index is 535. The highest BCUT2D eigenvalue weighted by Crippen LogP contribution is 2.24. The Labute approximate surface area is 121 Å². The van der Waals surface area contributed by atoms with Crippen molar-refractivity contribution in [1.82, 2.24) is 4.90 Å². The molecule has 1 aliphatic rings. The Balaban J connectivity index is 2.23. The molecule has 1 fully saturated rings. The Morgan fingerprint density at radius 2 is 2.25 bits per heavy atom. The van der Waals surface area contributed by atoms with Crippen molar-refractivity contribution < 1.29 is 18.7 Å². The lowest BCUT2D eigenvalue weighted by Crippen LogP contribution is -2.41. The number of carbonyl (C=O) groups excluding carboxylic acids is 2. The van der Waals surface area contributed by atoms with E-state index in [1.54, 1.807) is 6.92 Å². The van der Waals surface area contributed by atoms with Crippen LogP contribution in [0, 0.1) is 5.82 Å². The highest BCUT2D eigenvalue weighted by atomic mass is 35.5. The molecule has 1 aliphatic heterocycles. The Hall–Kier alpha value is -1.62.